The molecule has 0 aliphatic rings. The molecule has 1 N–H and O–H groups in total. The van der Waals surface area contributed by atoms with Crippen LogP contribution in [0.3, 0.4) is 0 Å². The Kier molecular flexibility index (Phi) is 2.41. The molecule has 0 amide bonds. The van der Waals surface area contributed by atoms with Gasteiger partial charge in [0, 0.05) is 34.8 Å². The minimum Gasteiger partial charge on any atom is -0.326 e. The molecule has 2 aromatic rings. The standard InChI is InChI=1S/C9H6BrN3O/c10-7-3-6(4-11-5-7)8-9(14)13-2-1-12-8/h1-5H,(H,13,14). The summed E-state index contributed by atoms with van der Waals surface area (Å²) in [5, 5.41) is 0. The Balaban J connectivity index is 2.61. The lowest BCUT2D eigenvalue weighted by molar-refractivity contribution is 1.14. The predicted octanol–water partition coefficient (Wildman–Crippen LogP) is 1.59. The molecule has 0 fully saturated rings. The first-order valence-electron chi connectivity index (χ1n) is 3.92. The molecule has 0 spiro atoms. The van der Waals surface area contributed by atoms with E-state index in [-0.39, 0.29) is 5.56 Å². The van der Waals surface area contributed by atoms with Crippen molar-refractivity contribution in [2.45, 2.75) is 0 Å². The molecule has 0 aromatic carbocycles. The SMILES string of the molecule is O=c1[nH]ccnc1-c1cncc(Br)c1. The van der Waals surface area contributed by atoms with Crippen molar-refractivity contribution in [1.82, 2.24) is 15.0 Å². The lowest BCUT2D eigenvalue weighted by atomic mass is 10.2. The highest BCUT2D eigenvalue weighted by atomic mass is 79.9. The zero-order valence-corrected chi connectivity index (χ0v) is 8.65. The molecule has 70 valence electrons. The van der Waals surface area contributed by atoms with Gasteiger partial charge < -0.3 is 4.98 Å². The Morgan fingerprint density at radius 3 is 2.93 bits per heavy atom. The fourth-order valence-electron chi connectivity index (χ4n) is 1.10. The van der Waals surface area contributed by atoms with Crippen LogP contribution in [0.2, 0.25) is 0 Å². The monoisotopic (exact) mass is 251 g/mol. The maximum atomic E-state index is 11.4. The van der Waals surface area contributed by atoms with E-state index in [1.54, 1.807) is 18.5 Å². The van der Waals surface area contributed by atoms with Gasteiger partial charge in [0.15, 0.2) is 0 Å². The maximum absolute atomic E-state index is 11.4. The second kappa shape index (κ2) is 3.71. The van der Waals surface area contributed by atoms with Crippen LogP contribution in [0.5, 0.6) is 0 Å². The average molecular weight is 252 g/mol. The van der Waals surface area contributed by atoms with Crippen molar-refractivity contribution >= 4 is 15.9 Å². The van der Waals surface area contributed by atoms with Crippen LogP contribution in [0, 0.1) is 0 Å². The molecule has 0 saturated carbocycles. The van der Waals surface area contributed by atoms with Crippen molar-refractivity contribution in [3.63, 3.8) is 0 Å². The molecule has 4 nitrogen and oxygen atoms in total. The van der Waals surface area contributed by atoms with Gasteiger partial charge in [0.1, 0.15) is 5.69 Å². The van der Waals surface area contributed by atoms with E-state index >= 15 is 0 Å². The van der Waals surface area contributed by atoms with E-state index in [1.807, 2.05) is 0 Å². The van der Waals surface area contributed by atoms with Gasteiger partial charge in [-0.3, -0.25) is 9.78 Å². The Hall–Kier alpha value is -1.49. The molecule has 5 heteroatoms. The smallest absolute Gasteiger partial charge is 0.274 e. The van der Waals surface area contributed by atoms with E-state index in [0.29, 0.717) is 11.3 Å². The third kappa shape index (κ3) is 1.72. The Morgan fingerprint density at radius 1 is 1.36 bits per heavy atom. The number of hydrogen-bond donors (Lipinski definition) is 1. The number of nitrogens with zero attached hydrogens (tertiary/aromatic N) is 2. The molecule has 2 rings (SSSR count). The number of aromatic amines is 1. The third-order valence-electron chi connectivity index (χ3n) is 1.69. The van der Waals surface area contributed by atoms with E-state index < -0.39 is 0 Å². The average Bonchev–Trinajstić information content (AvgIpc) is 2.18. The van der Waals surface area contributed by atoms with Gasteiger partial charge in [-0.25, -0.2) is 4.98 Å². The normalized spacial score (nSPS) is 10.1. The summed E-state index contributed by atoms with van der Waals surface area (Å²) >= 11 is 3.28. The van der Waals surface area contributed by atoms with Crippen molar-refractivity contribution in [2.24, 2.45) is 0 Å². The fraction of sp³-hybridized carbons (Fsp3) is 0. The lowest BCUT2D eigenvalue weighted by Crippen LogP contribution is -2.09. The molecule has 0 aliphatic carbocycles. The number of aromatic nitrogens is 3. The number of H-pyrrole nitrogens is 1. The molecule has 0 aliphatic heterocycles. The molecular formula is C9H6BrN3O. The maximum Gasteiger partial charge on any atom is 0.274 e. The molecule has 0 bridgehead atoms. The second-order valence-electron chi connectivity index (χ2n) is 2.66. The van der Waals surface area contributed by atoms with Crippen LogP contribution in [0.1, 0.15) is 0 Å². The molecule has 14 heavy (non-hydrogen) atoms. The van der Waals surface area contributed by atoms with E-state index in [4.69, 9.17) is 0 Å². The first kappa shape index (κ1) is 9.08. The molecule has 0 atom stereocenters. The summed E-state index contributed by atoms with van der Waals surface area (Å²) in [6.45, 7) is 0. The quantitative estimate of drug-likeness (QED) is 0.838. The summed E-state index contributed by atoms with van der Waals surface area (Å²) in [4.78, 5) is 21.9. The summed E-state index contributed by atoms with van der Waals surface area (Å²) in [6.07, 6.45) is 6.29. The van der Waals surface area contributed by atoms with Crippen molar-refractivity contribution < 1.29 is 0 Å². The Labute approximate surface area is 88.2 Å². The van der Waals surface area contributed by atoms with Crippen molar-refractivity contribution in [1.29, 1.82) is 0 Å². The van der Waals surface area contributed by atoms with Crippen LogP contribution in [-0.2, 0) is 0 Å². The van der Waals surface area contributed by atoms with E-state index in [1.165, 1.54) is 12.4 Å². The van der Waals surface area contributed by atoms with Gasteiger partial charge in [0.2, 0.25) is 0 Å². The highest BCUT2D eigenvalue weighted by Crippen LogP contribution is 2.16. The van der Waals surface area contributed by atoms with Crippen LogP contribution in [0.25, 0.3) is 11.3 Å². The van der Waals surface area contributed by atoms with Gasteiger partial charge >= 0.3 is 0 Å². The molecule has 2 aromatic heterocycles. The van der Waals surface area contributed by atoms with Crippen molar-refractivity contribution in [3.05, 3.63) is 45.7 Å². The second-order valence-corrected chi connectivity index (χ2v) is 3.57. The number of hydrogen-bond acceptors (Lipinski definition) is 3. The zero-order chi connectivity index (χ0) is 9.97. The molecule has 0 saturated heterocycles. The number of rotatable bonds is 1. The first-order chi connectivity index (χ1) is 6.77. The summed E-state index contributed by atoms with van der Waals surface area (Å²) in [7, 11) is 0. The number of pyridine rings is 1. The zero-order valence-electron chi connectivity index (χ0n) is 7.07. The van der Waals surface area contributed by atoms with E-state index in [0.717, 1.165) is 4.47 Å². The van der Waals surface area contributed by atoms with Gasteiger partial charge in [-0.15, -0.1) is 0 Å². The summed E-state index contributed by atoms with van der Waals surface area (Å²) < 4.78 is 0.819. The molecular weight excluding hydrogens is 246 g/mol. The molecule has 0 unspecified atom stereocenters. The Morgan fingerprint density at radius 2 is 2.21 bits per heavy atom. The van der Waals surface area contributed by atoms with Crippen molar-refractivity contribution in [2.75, 3.05) is 0 Å². The number of halogens is 1. The van der Waals surface area contributed by atoms with Crippen LogP contribution in [0.4, 0.5) is 0 Å². The topological polar surface area (TPSA) is 58.6 Å². The van der Waals surface area contributed by atoms with Crippen LogP contribution < -0.4 is 5.56 Å². The van der Waals surface area contributed by atoms with Crippen LogP contribution >= 0.6 is 15.9 Å². The highest BCUT2D eigenvalue weighted by Gasteiger charge is 2.03. The van der Waals surface area contributed by atoms with Crippen molar-refractivity contribution in [3.8, 4) is 11.3 Å². The summed E-state index contributed by atoms with van der Waals surface area (Å²) in [5.74, 6) is 0. The van der Waals surface area contributed by atoms with Crippen LogP contribution in [-0.4, -0.2) is 15.0 Å². The van der Waals surface area contributed by atoms with Gasteiger partial charge in [0.25, 0.3) is 5.56 Å². The highest BCUT2D eigenvalue weighted by molar-refractivity contribution is 9.10. The third-order valence-corrected chi connectivity index (χ3v) is 2.12. The van der Waals surface area contributed by atoms with E-state index in [2.05, 4.69) is 30.9 Å². The van der Waals surface area contributed by atoms with Crippen LogP contribution in [0.15, 0.2) is 40.1 Å². The Bertz CT molecular complexity index is 509. The minimum atomic E-state index is -0.215. The minimum absolute atomic E-state index is 0.215. The fourth-order valence-corrected chi connectivity index (χ4v) is 1.46. The predicted molar refractivity (Wildman–Crippen MR) is 55.8 cm³/mol. The number of nitrogens with one attached hydrogen (secondary N) is 1. The largest absolute Gasteiger partial charge is 0.326 e. The lowest BCUT2D eigenvalue weighted by Gasteiger charge is -1.98. The van der Waals surface area contributed by atoms with Gasteiger partial charge in [-0.05, 0) is 22.0 Å². The van der Waals surface area contributed by atoms with Gasteiger partial charge in [-0.2, -0.15) is 0 Å². The molecule has 0 radical (unpaired) electrons. The van der Waals surface area contributed by atoms with Gasteiger partial charge in [0.05, 0.1) is 0 Å². The summed E-state index contributed by atoms with van der Waals surface area (Å²) in [5.41, 5.74) is 0.856. The van der Waals surface area contributed by atoms with Gasteiger partial charge in [-0.1, -0.05) is 0 Å². The molecule has 2 heterocycles. The summed E-state index contributed by atoms with van der Waals surface area (Å²) in [6, 6.07) is 1.80. The first-order valence-corrected chi connectivity index (χ1v) is 4.71. The van der Waals surface area contributed by atoms with E-state index in [9.17, 15) is 4.79 Å².